The van der Waals surface area contributed by atoms with Crippen LogP contribution in [0.15, 0.2) is 18.2 Å². The third-order valence-electron chi connectivity index (χ3n) is 6.76. The zero-order valence-corrected chi connectivity index (χ0v) is 18.4. The Labute approximate surface area is 183 Å². The summed E-state index contributed by atoms with van der Waals surface area (Å²) < 4.78 is 0. The summed E-state index contributed by atoms with van der Waals surface area (Å²) in [7, 11) is 0. The lowest BCUT2D eigenvalue weighted by molar-refractivity contribution is -0.124. The third kappa shape index (κ3) is 4.23. The van der Waals surface area contributed by atoms with Gasteiger partial charge >= 0.3 is 0 Å². The lowest BCUT2D eigenvalue weighted by Crippen LogP contribution is -2.47. The van der Waals surface area contributed by atoms with Crippen molar-refractivity contribution in [1.82, 2.24) is 15.1 Å². The van der Waals surface area contributed by atoms with Crippen molar-refractivity contribution in [2.45, 2.75) is 70.9 Å². The minimum Gasteiger partial charge on any atom is -0.353 e. The largest absolute Gasteiger partial charge is 0.353 e. The molecule has 2 fully saturated rings. The molecule has 0 radical (unpaired) electrons. The lowest BCUT2D eigenvalue weighted by atomic mass is 9.94. The van der Waals surface area contributed by atoms with Gasteiger partial charge in [-0.05, 0) is 43.9 Å². The van der Waals surface area contributed by atoms with Gasteiger partial charge in [0.1, 0.15) is 0 Å². The Morgan fingerprint density at radius 2 is 1.58 bits per heavy atom. The van der Waals surface area contributed by atoms with Crippen molar-refractivity contribution in [2.75, 3.05) is 13.1 Å². The minimum atomic E-state index is -0.267. The molecule has 1 N–H and O–H groups in total. The van der Waals surface area contributed by atoms with E-state index in [1.807, 2.05) is 13.8 Å². The normalized spacial score (nSPS) is 20.4. The first kappa shape index (κ1) is 21.5. The molecule has 166 valence electrons. The number of likely N-dealkylation sites (tertiary alicyclic amines) is 1. The van der Waals surface area contributed by atoms with Crippen molar-refractivity contribution in [3.63, 3.8) is 0 Å². The smallest absolute Gasteiger partial charge is 0.261 e. The summed E-state index contributed by atoms with van der Waals surface area (Å²) in [6, 6.07) is 4.93. The number of piperidine rings is 1. The number of carbonyl (C=O) groups is 4. The van der Waals surface area contributed by atoms with Gasteiger partial charge in [0.15, 0.2) is 0 Å². The van der Waals surface area contributed by atoms with Gasteiger partial charge in [-0.1, -0.05) is 33.1 Å². The van der Waals surface area contributed by atoms with Crippen LogP contribution < -0.4 is 5.32 Å². The first-order valence-electron chi connectivity index (χ1n) is 11.5. The van der Waals surface area contributed by atoms with E-state index < -0.39 is 0 Å². The van der Waals surface area contributed by atoms with E-state index >= 15 is 0 Å². The molecule has 7 nitrogen and oxygen atoms in total. The van der Waals surface area contributed by atoms with Crippen molar-refractivity contribution in [3.8, 4) is 0 Å². The summed E-state index contributed by atoms with van der Waals surface area (Å²) in [4.78, 5) is 54.0. The van der Waals surface area contributed by atoms with E-state index in [4.69, 9.17) is 0 Å². The minimum absolute atomic E-state index is 0.0274. The summed E-state index contributed by atoms with van der Waals surface area (Å²) in [5.74, 6) is -0.648. The summed E-state index contributed by atoms with van der Waals surface area (Å²) in [5.41, 5.74) is 1.19. The Morgan fingerprint density at radius 3 is 2.23 bits per heavy atom. The fraction of sp³-hybridized carbons (Fsp3) is 0.583. The molecule has 1 aromatic carbocycles. The van der Waals surface area contributed by atoms with Gasteiger partial charge in [-0.3, -0.25) is 24.1 Å². The fourth-order valence-electron chi connectivity index (χ4n) is 4.84. The van der Waals surface area contributed by atoms with Crippen LogP contribution >= 0.6 is 0 Å². The highest BCUT2D eigenvalue weighted by molar-refractivity contribution is 6.22. The average molecular weight is 426 g/mol. The van der Waals surface area contributed by atoms with Crippen LogP contribution in [0, 0.1) is 5.92 Å². The first-order valence-corrected chi connectivity index (χ1v) is 11.5. The van der Waals surface area contributed by atoms with Crippen LogP contribution in [0.5, 0.6) is 0 Å². The summed E-state index contributed by atoms with van der Waals surface area (Å²) in [6.07, 6.45) is 6.37. The number of nitrogens with zero attached hydrogens (tertiary/aromatic N) is 2. The number of imide groups is 1. The van der Waals surface area contributed by atoms with E-state index in [0.29, 0.717) is 42.6 Å². The standard InChI is InChI=1S/C24H31N3O4/c1-15(2)21(28)25-17-10-12-26(13-11-17)22(29)16-8-9-19-20(14-16)24(31)27(23(19)30)18-6-4-3-5-7-18/h8-9,14-15,17-18H,3-7,10-13H2,1-2H3,(H,25,28). The molecule has 0 bridgehead atoms. The van der Waals surface area contributed by atoms with Crippen molar-refractivity contribution in [2.24, 2.45) is 5.92 Å². The number of hydrogen-bond donors (Lipinski definition) is 1. The van der Waals surface area contributed by atoms with Crippen LogP contribution in [0.1, 0.15) is 89.9 Å². The Bertz CT molecular complexity index is 896. The molecule has 0 aromatic heterocycles. The second-order valence-electron chi connectivity index (χ2n) is 9.26. The van der Waals surface area contributed by atoms with Gasteiger partial charge in [0.25, 0.3) is 17.7 Å². The molecule has 1 saturated carbocycles. The molecular formula is C24H31N3O4. The van der Waals surface area contributed by atoms with Gasteiger partial charge in [0, 0.05) is 36.7 Å². The van der Waals surface area contributed by atoms with E-state index in [0.717, 1.165) is 32.1 Å². The maximum absolute atomic E-state index is 13.0. The SMILES string of the molecule is CC(C)C(=O)NC1CCN(C(=O)c2ccc3c(c2)C(=O)N(C2CCCCC2)C3=O)CC1. The maximum Gasteiger partial charge on any atom is 0.261 e. The van der Waals surface area contributed by atoms with Crippen molar-refractivity contribution < 1.29 is 19.2 Å². The topological polar surface area (TPSA) is 86.8 Å². The molecule has 0 unspecified atom stereocenters. The maximum atomic E-state index is 13.0. The zero-order chi connectivity index (χ0) is 22.1. The molecule has 1 aliphatic carbocycles. The molecular weight excluding hydrogens is 394 g/mol. The molecule has 3 aliphatic rings. The van der Waals surface area contributed by atoms with Gasteiger partial charge in [0.05, 0.1) is 11.1 Å². The van der Waals surface area contributed by atoms with Crippen LogP contribution in [-0.2, 0) is 4.79 Å². The van der Waals surface area contributed by atoms with E-state index in [-0.39, 0.29) is 41.6 Å². The first-order chi connectivity index (χ1) is 14.9. The average Bonchev–Trinajstić information content (AvgIpc) is 3.03. The molecule has 1 saturated heterocycles. The third-order valence-corrected chi connectivity index (χ3v) is 6.76. The highest BCUT2D eigenvalue weighted by atomic mass is 16.2. The van der Waals surface area contributed by atoms with Crippen molar-refractivity contribution in [3.05, 3.63) is 34.9 Å². The molecule has 1 aromatic rings. The number of rotatable bonds is 4. The van der Waals surface area contributed by atoms with Gasteiger partial charge < -0.3 is 10.2 Å². The molecule has 2 aliphatic heterocycles. The number of carbonyl (C=O) groups excluding carboxylic acids is 4. The highest BCUT2D eigenvalue weighted by Crippen LogP contribution is 2.31. The predicted octanol–water partition coefficient (Wildman–Crippen LogP) is 2.99. The Hall–Kier alpha value is -2.70. The van der Waals surface area contributed by atoms with Gasteiger partial charge in [-0.25, -0.2) is 0 Å². The van der Waals surface area contributed by atoms with Crippen LogP contribution in [0.25, 0.3) is 0 Å². The predicted molar refractivity (Wildman–Crippen MR) is 116 cm³/mol. The number of nitrogens with one attached hydrogen (secondary N) is 1. The second-order valence-corrected chi connectivity index (χ2v) is 9.26. The fourth-order valence-corrected chi connectivity index (χ4v) is 4.84. The molecule has 4 rings (SSSR count). The molecule has 2 heterocycles. The molecule has 0 atom stereocenters. The van der Waals surface area contributed by atoms with E-state index in [9.17, 15) is 19.2 Å². The number of benzene rings is 1. The molecule has 0 spiro atoms. The summed E-state index contributed by atoms with van der Waals surface area (Å²) >= 11 is 0. The number of amides is 4. The molecule has 7 heteroatoms. The second kappa shape index (κ2) is 8.81. The van der Waals surface area contributed by atoms with Crippen molar-refractivity contribution >= 4 is 23.6 Å². The number of fused-ring (bicyclic) bond motifs is 1. The van der Waals surface area contributed by atoms with Crippen molar-refractivity contribution in [1.29, 1.82) is 0 Å². The van der Waals surface area contributed by atoms with E-state index in [2.05, 4.69) is 5.32 Å². The molecule has 4 amide bonds. The van der Waals surface area contributed by atoms with Gasteiger partial charge in [-0.15, -0.1) is 0 Å². The summed E-state index contributed by atoms with van der Waals surface area (Å²) in [6.45, 7) is 4.84. The molecule has 31 heavy (non-hydrogen) atoms. The zero-order valence-electron chi connectivity index (χ0n) is 18.4. The van der Waals surface area contributed by atoms with Crippen LogP contribution in [0.3, 0.4) is 0 Å². The van der Waals surface area contributed by atoms with Crippen LogP contribution in [-0.4, -0.2) is 58.6 Å². The van der Waals surface area contributed by atoms with Crippen LogP contribution in [0.4, 0.5) is 0 Å². The highest BCUT2D eigenvalue weighted by Gasteiger charge is 2.40. The number of hydrogen-bond acceptors (Lipinski definition) is 4. The quantitative estimate of drug-likeness (QED) is 0.752. The van der Waals surface area contributed by atoms with Gasteiger partial charge in [0.2, 0.25) is 5.91 Å². The van der Waals surface area contributed by atoms with Crippen LogP contribution in [0.2, 0.25) is 0 Å². The van der Waals surface area contributed by atoms with Gasteiger partial charge in [-0.2, -0.15) is 0 Å². The Kier molecular flexibility index (Phi) is 6.12. The van der Waals surface area contributed by atoms with E-state index in [1.165, 1.54) is 4.90 Å². The lowest BCUT2D eigenvalue weighted by Gasteiger charge is -2.32. The summed E-state index contributed by atoms with van der Waals surface area (Å²) in [5, 5.41) is 3.03. The van der Waals surface area contributed by atoms with E-state index in [1.54, 1.807) is 23.1 Å². The Morgan fingerprint density at radius 1 is 0.935 bits per heavy atom. The monoisotopic (exact) mass is 425 g/mol. The Balaban J connectivity index is 1.43.